The van der Waals surface area contributed by atoms with Crippen LogP contribution in [-0.2, 0) is 48.0 Å². The van der Waals surface area contributed by atoms with E-state index in [2.05, 4.69) is 66.3 Å². The number of pyridine rings is 1. The van der Waals surface area contributed by atoms with E-state index in [1.807, 2.05) is 140 Å². The molecule has 0 saturated carbocycles. The molecule has 3 N–H and O–H groups in total. The first-order chi connectivity index (χ1) is 48.8. The van der Waals surface area contributed by atoms with Crippen molar-refractivity contribution in [2.45, 2.75) is 188 Å². The van der Waals surface area contributed by atoms with Crippen LogP contribution < -0.4 is 0 Å². The van der Waals surface area contributed by atoms with Gasteiger partial charge in [-0.25, -0.2) is 24.9 Å². The van der Waals surface area contributed by atoms with Crippen LogP contribution in [0.4, 0.5) is 0 Å². The number of oxazole rings is 1. The number of benzene rings is 3. The molecule has 3 fully saturated rings. The van der Waals surface area contributed by atoms with Crippen molar-refractivity contribution in [2.24, 2.45) is 17.8 Å². The summed E-state index contributed by atoms with van der Waals surface area (Å²) in [5.74, 6) is -0.808. The highest BCUT2D eigenvalue weighted by molar-refractivity contribution is 7.14. The summed E-state index contributed by atoms with van der Waals surface area (Å²) in [6.07, 6.45) is 6.57. The molecule has 9 atom stereocenters. The number of aryl methyl sites for hydroxylation is 8. The fourth-order valence-electron chi connectivity index (χ4n) is 14.0. The summed E-state index contributed by atoms with van der Waals surface area (Å²) < 4.78 is 5.65. The first-order valence-corrected chi connectivity index (χ1v) is 38.6. The van der Waals surface area contributed by atoms with Gasteiger partial charge in [-0.15, -0.1) is 45.3 Å². The van der Waals surface area contributed by atoms with Gasteiger partial charge in [0.2, 0.25) is 23.6 Å². The highest BCUT2D eigenvalue weighted by atomic mass is 32.1. The van der Waals surface area contributed by atoms with Crippen LogP contribution in [0, 0.1) is 52.4 Å². The molecule has 3 saturated heterocycles. The summed E-state index contributed by atoms with van der Waals surface area (Å²) >= 11 is 6.38. The SMILES string of the molecule is Cc1cnc([C@H](C(=O)N2C[C@H](O)C[C@H]2C(=O)CCc2ccc(-c3scnc3C)cc2)C(C)C)o1.Cc1nc([C@H](C(=O)N2C[C@H](O)C[C@H]2C(=O)CCc2ccc(-c3scnc3C)cc2)C(C)C)cs1.Cc1ncsc1-c1ccc(CCC(=O)[C@@H]2C[C@@H](O)CN2C(=O)[C@@H](c2cccnc2)C(C)C)cc1. The van der Waals surface area contributed by atoms with Crippen LogP contribution in [0.5, 0.6) is 0 Å². The first-order valence-electron chi connectivity index (χ1n) is 35.1. The van der Waals surface area contributed by atoms with Gasteiger partial charge in [0.15, 0.2) is 17.3 Å². The second-order valence-corrected chi connectivity index (χ2v) is 31.7. The van der Waals surface area contributed by atoms with E-state index < -0.39 is 54.2 Å². The van der Waals surface area contributed by atoms with Crippen molar-refractivity contribution in [3.63, 3.8) is 0 Å². The monoisotopic (exact) mass is 1460 g/mol. The molecule has 102 heavy (non-hydrogen) atoms. The lowest BCUT2D eigenvalue weighted by Crippen LogP contribution is -2.44. The number of aromatic nitrogens is 6. The third-order valence-electron chi connectivity index (χ3n) is 19.4. The molecule has 3 aliphatic heterocycles. The number of aliphatic hydroxyl groups is 3. The van der Waals surface area contributed by atoms with Crippen LogP contribution in [0.2, 0.25) is 0 Å². The molecule has 12 rings (SSSR count). The predicted molar refractivity (Wildman–Crippen MR) is 400 cm³/mol. The molecule has 0 radical (unpaired) electrons. The van der Waals surface area contributed by atoms with E-state index in [4.69, 9.17) is 4.42 Å². The molecular weight excluding hydrogens is 1360 g/mol. The number of hydrogen-bond acceptors (Lipinski definition) is 20. The van der Waals surface area contributed by atoms with Crippen molar-refractivity contribution in [1.29, 1.82) is 0 Å². The highest BCUT2D eigenvalue weighted by Gasteiger charge is 2.45. The van der Waals surface area contributed by atoms with Gasteiger partial charge in [-0.1, -0.05) is 120 Å². The highest BCUT2D eigenvalue weighted by Crippen LogP contribution is 2.37. The molecule has 0 spiro atoms. The molecule has 538 valence electrons. The molecule has 0 unspecified atom stereocenters. The molecule has 3 aliphatic rings. The molecule has 3 aromatic carbocycles. The van der Waals surface area contributed by atoms with Crippen LogP contribution in [0.15, 0.2) is 130 Å². The molecule has 0 bridgehead atoms. The summed E-state index contributed by atoms with van der Waals surface area (Å²) in [4.78, 5) is 114. The molecule has 0 aliphatic carbocycles. The Bertz CT molecular complexity index is 4110. The smallest absolute Gasteiger partial charge is 0.236 e. The summed E-state index contributed by atoms with van der Waals surface area (Å²) in [6, 6.07) is 26.6. The van der Waals surface area contributed by atoms with Crippen molar-refractivity contribution >= 4 is 80.4 Å². The van der Waals surface area contributed by atoms with Gasteiger partial charge in [0.25, 0.3) is 0 Å². The van der Waals surface area contributed by atoms with Gasteiger partial charge < -0.3 is 34.4 Å². The predicted octanol–water partition coefficient (Wildman–Crippen LogP) is 13.5. The Kier molecular flexibility index (Phi) is 26.2. The van der Waals surface area contributed by atoms with Gasteiger partial charge in [-0.2, -0.15) is 0 Å². The van der Waals surface area contributed by atoms with E-state index in [1.54, 1.807) is 69.3 Å². The third kappa shape index (κ3) is 18.8. The largest absolute Gasteiger partial charge is 0.445 e. The summed E-state index contributed by atoms with van der Waals surface area (Å²) in [5, 5.41) is 33.8. The maximum atomic E-state index is 13.5. The van der Waals surface area contributed by atoms with Crippen LogP contribution in [0.25, 0.3) is 31.3 Å². The fourth-order valence-corrected chi connectivity index (χ4v) is 17.1. The average Bonchev–Trinajstić information content (AvgIpc) is 1.69. The number of ketones is 3. The normalized spacial score (nSPS) is 19.0. The number of carbonyl (C=O) groups is 6. The Morgan fingerprint density at radius 2 is 0.853 bits per heavy atom. The second-order valence-electron chi connectivity index (χ2n) is 28.0. The van der Waals surface area contributed by atoms with Crippen molar-refractivity contribution in [3.8, 4) is 31.3 Å². The molecule has 23 heteroatoms. The zero-order valence-corrected chi connectivity index (χ0v) is 63.2. The van der Waals surface area contributed by atoms with E-state index >= 15 is 0 Å². The Morgan fingerprint density at radius 3 is 1.16 bits per heavy atom. The van der Waals surface area contributed by atoms with Crippen LogP contribution >= 0.6 is 45.3 Å². The van der Waals surface area contributed by atoms with Crippen LogP contribution in [0.1, 0.15) is 160 Å². The lowest BCUT2D eigenvalue weighted by Gasteiger charge is -2.30. The molecule has 6 aromatic heterocycles. The summed E-state index contributed by atoms with van der Waals surface area (Å²) in [6.45, 7) is 22.1. The minimum atomic E-state index is -0.709. The molecule has 9 aromatic rings. The van der Waals surface area contributed by atoms with E-state index in [9.17, 15) is 44.1 Å². The standard InChI is InChI=1S/C27H31N3O3S.C26H31N3O4S.C26H31N3O3S2/c1-17(2)25(21-5-4-12-28-14-21)27(33)30-15-22(31)13-23(30)24(32)11-8-19-6-9-20(10-7-19)26-18(3)29-16-34-26;1-15(2)23(25-27-12-16(3)33-25)26(32)29-13-20(30)11-21(29)22(31)10-7-18-5-8-19(9-6-18)24-17(4)28-14-34-24;1-15(2)24(21-13-33-17(4)28-21)26(32)29-12-20(30)11-22(29)23(31)10-7-18-5-8-19(9-6-18)25-16(3)27-14-34-25/h4-7,9-10,12,14,16-17,22-23,25,31H,8,11,13,15H2,1-3H3;5-6,8-9,12,14-15,20-21,23,30H,7,10-11,13H2,1-4H3;5-6,8-9,13-15,20,22,24,30H,7,10-12H2,1-4H3/t22-,23+,25-;20-,21+,23-;20-,22+,24-/m111/s1. The maximum absolute atomic E-state index is 13.5. The quantitative estimate of drug-likeness (QED) is 0.0508. The van der Waals surface area contributed by atoms with Crippen LogP contribution in [0.3, 0.4) is 0 Å². The van der Waals surface area contributed by atoms with Gasteiger partial charge in [-0.3, -0.25) is 33.8 Å². The Hall–Kier alpha value is -8.16. The lowest BCUT2D eigenvalue weighted by atomic mass is 9.87. The van der Waals surface area contributed by atoms with E-state index in [0.717, 1.165) is 81.4 Å². The van der Waals surface area contributed by atoms with Crippen molar-refractivity contribution in [3.05, 3.63) is 187 Å². The average molecular weight is 1460 g/mol. The number of thiazole rings is 4. The number of aliphatic hydroxyl groups excluding tert-OH is 3. The van der Waals surface area contributed by atoms with Gasteiger partial charge in [0.05, 0.1) is 113 Å². The minimum absolute atomic E-state index is 0.000899. The topological polar surface area (TPSA) is 263 Å². The summed E-state index contributed by atoms with van der Waals surface area (Å²) in [5.41, 5.74) is 16.8. The minimum Gasteiger partial charge on any atom is -0.445 e. The van der Waals surface area contributed by atoms with E-state index in [-0.39, 0.29) is 78.9 Å². The number of amides is 3. The van der Waals surface area contributed by atoms with Crippen molar-refractivity contribution < 1.29 is 48.5 Å². The molecule has 9 heterocycles. The van der Waals surface area contributed by atoms with Gasteiger partial charge in [0.1, 0.15) is 11.7 Å². The maximum Gasteiger partial charge on any atom is 0.236 e. The zero-order valence-electron chi connectivity index (χ0n) is 59.9. The number of carbonyl (C=O) groups excluding carboxylic acids is 6. The zero-order chi connectivity index (χ0) is 73.1. The number of β-amino-alcohol motifs (C(OH)–C–C–N with tert-alkyl or cyclic N) is 3. The lowest BCUT2D eigenvalue weighted by molar-refractivity contribution is -0.140. The number of Topliss-reactive ketones (excluding diaryl/α,β-unsaturated/α-hetero) is 3. The summed E-state index contributed by atoms with van der Waals surface area (Å²) in [7, 11) is 0. The number of nitrogens with zero attached hydrogens (tertiary/aromatic N) is 9. The van der Waals surface area contributed by atoms with Crippen molar-refractivity contribution in [1.82, 2.24) is 44.6 Å². The molecule has 3 amide bonds. The fraction of sp³-hybridized carbons (Fsp3) is 0.443. The van der Waals surface area contributed by atoms with E-state index in [1.165, 1.54) is 16.2 Å². The molecular formula is C79H93N9O10S4. The number of likely N-dealkylation sites (tertiary alicyclic amines) is 3. The Morgan fingerprint density at radius 1 is 0.480 bits per heavy atom. The van der Waals surface area contributed by atoms with Crippen molar-refractivity contribution in [2.75, 3.05) is 19.6 Å². The number of rotatable bonds is 24. The van der Waals surface area contributed by atoms with Gasteiger partial charge >= 0.3 is 0 Å². The second kappa shape index (κ2) is 34.9. The van der Waals surface area contributed by atoms with Gasteiger partial charge in [0, 0.05) is 75.9 Å². The van der Waals surface area contributed by atoms with Crippen LogP contribution in [-0.4, -0.2) is 151 Å². The Labute approximate surface area is 613 Å². The number of hydrogen-bond donors (Lipinski definition) is 3. The van der Waals surface area contributed by atoms with Gasteiger partial charge in [-0.05, 0) is 117 Å². The molecule has 19 nitrogen and oxygen atoms in total. The van der Waals surface area contributed by atoms with E-state index in [0.29, 0.717) is 63.0 Å². The third-order valence-corrected chi connectivity index (χ3v) is 23.1. The first kappa shape index (κ1) is 76.5. The Balaban J connectivity index is 0.000000165.